The van der Waals surface area contributed by atoms with Gasteiger partial charge in [-0.25, -0.2) is 4.99 Å². The molecule has 6 nitrogen and oxygen atoms in total. The minimum atomic E-state index is 0. The van der Waals surface area contributed by atoms with Crippen molar-refractivity contribution in [1.29, 1.82) is 0 Å². The number of aryl methyl sites for hydroxylation is 1. The van der Waals surface area contributed by atoms with Crippen LogP contribution in [0.5, 0.6) is 5.75 Å². The normalized spacial score (nSPS) is 20.8. The number of guanidine groups is 1. The summed E-state index contributed by atoms with van der Waals surface area (Å²) in [6.45, 7) is 11.7. The van der Waals surface area contributed by atoms with Crippen LogP contribution in [0.3, 0.4) is 0 Å². The number of halogens is 1. The quantitative estimate of drug-likeness (QED) is 0.324. The fraction of sp³-hybridized carbons (Fsp3) is 0.667. The number of benzene rings is 1. The first-order valence-electron chi connectivity index (χ1n) is 10.0. The third-order valence-corrected chi connectivity index (χ3v) is 5.01. The SMILES string of the molecule is CCNC(=NCc1ccc(C)cc1OCC1CCCO1)NCC1(C)COC1.I. The van der Waals surface area contributed by atoms with Crippen LogP contribution in [-0.2, 0) is 16.0 Å². The summed E-state index contributed by atoms with van der Waals surface area (Å²) in [5.41, 5.74) is 2.48. The minimum Gasteiger partial charge on any atom is -0.491 e. The van der Waals surface area contributed by atoms with E-state index in [0.29, 0.717) is 13.2 Å². The second kappa shape index (κ2) is 11.2. The lowest BCUT2D eigenvalue weighted by Gasteiger charge is -2.38. The molecule has 2 heterocycles. The lowest BCUT2D eigenvalue weighted by Crippen LogP contribution is -2.51. The van der Waals surface area contributed by atoms with Gasteiger partial charge in [0.1, 0.15) is 12.4 Å². The third-order valence-electron chi connectivity index (χ3n) is 5.01. The summed E-state index contributed by atoms with van der Waals surface area (Å²) < 4.78 is 17.1. The predicted molar refractivity (Wildman–Crippen MR) is 123 cm³/mol. The summed E-state index contributed by atoms with van der Waals surface area (Å²) in [7, 11) is 0. The maximum Gasteiger partial charge on any atom is 0.191 e. The Labute approximate surface area is 185 Å². The average molecular weight is 503 g/mol. The first-order chi connectivity index (χ1) is 13.1. The summed E-state index contributed by atoms with van der Waals surface area (Å²) in [5.74, 6) is 1.74. The van der Waals surface area contributed by atoms with Gasteiger partial charge in [-0.05, 0) is 38.3 Å². The molecule has 0 bridgehead atoms. The van der Waals surface area contributed by atoms with Crippen molar-refractivity contribution in [3.05, 3.63) is 29.3 Å². The standard InChI is InChI=1S/C21H33N3O3.HI/c1-4-22-20(24-13-21(3)14-25-15-21)23-11-17-8-7-16(2)10-19(17)27-12-18-6-5-9-26-18;/h7-8,10,18H,4-6,9,11-15H2,1-3H3,(H2,22,23,24);1H. The second-order valence-corrected chi connectivity index (χ2v) is 7.91. The summed E-state index contributed by atoms with van der Waals surface area (Å²) in [6.07, 6.45) is 2.42. The van der Waals surface area contributed by atoms with Gasteiger partial charge in [0.05, 0.1) is 25.9 Å². The van der Waals surface area contributed by atoms with E-state index in [9.17, 15) is 0 Å². The van der Waals surface area contributed by atoms with Crippen LogP contribution in [0.2, 0.25) is 0 Å². The van der Waals surface area contributed by atoms with E-state index in [2.05, 4.69) is 49.6 Å². The smallest absolute Gasteiger partial charge is 0.191 e. The molecule has 2 aliphatic heterocycles. The van der Waals surface area contributed by atoms with Gasteiger partial charge in [0.25, 0.3) is 0 Å². The largest absolute Gasteiger partial charge is 0.491 e. The highest BCUT2D eigenvalue weighted by atomic mass is 127. The molecule has 1 atom stereocenters. The fourth-order valence-electron chi connectivity index (χ4n) is 3.24. The molecule has 0 saturated carbocycles. The zero-order valence-corrected chi connectivity index (χ0v) is 19.6. The van der Waals surface area contributed by atoms with E-state index in [-0.39, 0.29) is 35.5 Å². The first kappa shape index (κ1) is 23.2. The minimum absolute atomic E-state index is 0. The van der Waals surface area contributed by atoms with Crippen LogP contribution < -0.4 is 15.4 Å². The maximum atomic E-state index is 6.08. The molecule has 1 unspecified atom stereocenters. The molecule has 0 aliphatic carbocycles. The number of aliphatic imine (C=N–C) groups is 1. The van der Waals surface area contributed by atoms with E-state index in [1.165, 1.54) is 5.56 Å². The Morgan fingerprint density at radius 1 is 1.32 bits per heavy atom. The lowest BCUT2D eigenvalue weighted by molar-refractivity contribution is -0.0971. The van der Waals surface area contributed by atoms with Crippen molar-refractivity contribution < 1.29 is 14.2 Å². The molecule has 2 saturated heterocycles. The third kappa shape index (κ3) is 6.77. The van der Waals surface area contributed by atoms with Crippen LogP contribution in [0.1, 0.15) is 37.8 Å². The molecule has 1 aromatic carbocycles. The van der Waals surface area contributed by atoms with Crippen LogP contribution >= 0.6 is 24.0 Å². The first-order valence-corrected chi connectivity index (χ1v) is 10.0. The molecule has 1 aromatic rings. The van der Waals surface area contributed by atoms with E-state index >= 15 is 0 Å². The molecular weight excluding hydrogens is 469 g/mol. The molecule has 2 N–H and O–H groups in total. The number of hydrogen-bond acceptors (Lipinski definition) is 4. The topological polar surface area (TPSA) is 64.1 Å². The molecule has 0 radical (unpaired) electrons. The number of ether oxygens (including phenoxy) is 3. The molecule has 2 aliphatic rings. The highest BCUT2D eigenvalue weighted by Gasteiger charge is 2.33. The van der Waals surface area contributed by atoms with Crippen molar-refractivity contribution >= 4 is 29.9 Å². The Bertz CT molecular complexity index is 644. The molecule has 2 fully saturated rings. The highest BCUT2D eigenvalue weighted by Crippen LogP contribution is 2.25. The van der Waals surface area contributed by atoms with E-state index in [1.54, 1.807) is 0 Å². The van der Waals surface area contributed by atoms with Gasteiger partial charge in [0.15, 0.2) is 5.96 Å². The van der Waals surface area contributed by atoms with Gasteiger partial charge in [-0.2, -0.15) is 0 Å². The molecule has 158 valence electrons. The van der Waals surface area contributed by atoms with Crippen molar-refractivity contribution in [2.45, 2.75) is 46.3 Å². The van der Waals surface area contributed by atoms with Crippen molar-refractivity contribution in [2.24, 2.45) is 10.4 Å². The number of nitrogens with one attached hydrogen (secondary N) is 2. The van der Waals surface area contributed by atoms with Crippen molar-refractivity contribution in [3.63, 3.8) is 0 Å². The molecule has 7 heteroatoms. The summed E-state index contributed by atoms with van der Waals surface area (Å²) in [6, 6.07) is 6.30. The summed E-state index contributed by atoms with van der Waals surface area (Å²) >= 11 is 0. The average Bonchev–Trinajstić information content (AvgIpc) is 3.15. The van der Waals surface area contributed by atoms with Gasteiger partial charge in [0, 0.05) is 30.7 Å². The maximum absolute atomic E-state index is 6.08. The number of rotatable bonds is 8. The second-order valence-electron chi connectivity index (χ2n) is 7.91. The van der Waals surface area contributed by atoms with E-state index in [0.717, 1.165) is 63.0 Å². The number of hydrogen-bond donors (Lipinski definition) is 2. The van der Waals surface area contributed by atoms with Crippen LogP contribution in [-0.4, -0.2) is 51.6 Å². The van der Waals surface area contributed by atoms with Crippen molar-refractivity contribution in [3.8, 4) is 5.75 Å². The van der Waals surface area contributed by atoms with E-state index < -0.39 is 0 Å². The van der Waals surface area contributed by atoms with Crippen molar-refractivity contribution in [1.82, 2.24) is 10.6 Å². The lowest BCUT2D eigenvalue weighted by atomic mass is 9.89. The summed E-state index contributed by atoms with van der Waals surface area (Å²) in [4.78, 5) is 4.76. The monoisotopic (exact) mass is 503 g/mol. The van der Waals surface area contributed by atoms with Gasteiger partial charge >= 0.3 is 0 Å². The van der Waals surface area contributed by atoms with Crippen LogP contribution in [0.4, 0.5) is 0 Å². The van der Waals surface area contributed by atoms with Gasteiger partial charge in [-0.15, -0.1) is 24.0 Å². The molecule has 3 rings (SSSR count). The Kier molecular flexibility index (Phi) is 9.30. The van der Waals surface area contributed by atoms with E-state index in [1.807, 2.05) is 0 Å². The van der Waals surface area contributed by atoms with Crippen LogP contribution in [0.15, 0.2) is 23.2 Å². The van der Waals surface area contributed by atoms with Gasteiger partial charge < -0.3 is 24.8 Å². The Hall–Kier alpha value is -1.06. The Balaban J connectivity index is 0.00000280. The fourth-order valence-corrected chi connectivity index (χ4v) is 3.24. The van der Waals surface area contributed by atoms with Crippen LogP contribution in [0.25, 0.3) is 0 Å². The number of nitrogens with zero attached hydrogens (tertiary/aromatic N) is 1. The highest BCUT2D eigenvalue weighted by molar-refractivity contribution is 14.0. The zero-order valence-electron chi connectivity index (χ0n) is 17.3. The summed E-state index contributed by atoms with van der Waals surface area (Å²) in [5, 5.41) is 6.76. The Morgan fingerprint density at radius 3 is 2.79 bits per heavy atom. The molecular formula is C21H34IN3O3. The van der Waals surface area contributed by atoms with Crippen LogP contribution in [0, 0.1) is 12.3 Å². The van der Waals surface area contributed by atoms with Crippen molar-refractivity contribution in [2.75, 3.05) is 39.5 Å². The molecule has 0 spiro atoms. The predicted octanol–water partition coefficient (Wildman–Crippen LogP) is 3.26. The molecule has 0 amide bonds. The van der Waals surface area contributed by atoms with Gasteiger partial charge in [0.2, 0.25) is 0 Å². The molecule has 0 aromatic heterocycles. The van der Waals surface area contributed by atoms with Gasteiger partial charge in [-0.1, -0.05) is 19.1 Å². The van der Waals surface area contributed by atoms with Gasteiger partial charge in [-0.3, -0.25) is 0 Å². The molecule has 28 heavy (non-hydrogen) atoms. The zero-order chi connectivity index (χ0) is 19.1. The Morgan fingerprint density at radius 2 is 2.14 bits per heavy atom. The van der Waals surface area contributed by atoms with E-state index in [4.69, 9.17) is 19.2 Å².